The molecule has 1 fully saturated rings. The van der Waals surface area contributed by atoms with E-state index in [1.54, 1.807) is 4.52 Å². The normalized spacial score (nSPS) is 22.2. The maximum atomic E-state index is 12.2. The highest BCUT2D eigenvalue weighted by atomic mass is 32.1. The van der Waals surface area contributed by atoms with Crippen molar-refractivity contribution < 1.29 is 9.53 Å². The number of hydrogen-bond donors (Lipinski definition) is 1. The maximum absolute atomic E-state index is 12.2. The van der Waals surface area contributed by atoms with E-state index in [9.17, 15) is 4.79 Å². The van der Waals surface area contributed by atoms with Crippen molar-refractivity contribution in [3.8, 4) is 0 Å². The van der Waals surface area contributed by atoms with E-state index in [2.05, 4.69) is 15.4 Å². The minimum atomic E-state index is 0.107. The van der Waals surface area contributed by atoms with E-state index in [1.165, 1.54) is 11.3 Å². The van der Waals surface area contributed by atoms with Gasteiger partial charge in [0.25, 0.3) is 0 Å². The van der Waals surface area contributed by atoms with Gasteiger partial charge < -0.3 is 15.0 Å². The van der Waals surface area contributed by atoms with Crippen LogP contribution < -0.4 is 5.32 Å². The van der Waals surface area contributed by atoms with Crippen molar-refractivity contribution in [2.45, 2.75) is 39.4 Å². The van der Waals surface area contributed by atoms with Crippen molar-refractivity contribution in [2.75, 3.05) is 25.0 Å². The maximum Gasteiger partial charge on any atom is 0.224 e. The highest BCUT2D eigenvalue weighted by Gasteiger charge is 2.25. The van der Waals surface area contributed by atoms with E-state index in [0.717, 1.165) is 15.8 Å². The zero-order valence-electron chi connectivity index (χ0n) is 13.1. The van der Waals surface area contributed by atoms with Crippen LogP contribution in [0.15, 0.2) is 6.20 Å². The smallest absolute Gasteiger partial charge is 0.224 e. The summed E-state index contributed by atoms with van der Waals surface area (Å²) in [5, 5.41) is 8.37. The van der Waals surface area contributed by atoms with Crippen LogP contribution in [0.25, 0.3) is 4.96 Å². The van der Waals surface area contributed by atoms with E-state index in [1.807, 2.05) is 31.9 Å². The number of aromatic nitrogens is 3. The van der Waals surface area contributed by atoms with Gasteiger partial charge in [0.1, 0.15) is 0 Å². The third-order valence-corrected chi connectivity index (χ3v) is 4.43. The first-order valence-corrected chi connectivity index (χ1v) is 8.33. The first-order valence-electron chi connectivity index (χ1n) is 7.51. The van der Waals surface area contributed by atoms with Crippen molar-refractivity contribution in [1.29, 1.82) is 0 Å². The van der Waals surface area contributed by atoms with E-state index < -0.39 is 0 Å². The molecule has 7 nitrogen and oxygen atoms in total. The van der Waals surface area contributed by atoms with Crippen LogP contribution in [0, 0.1) is 6.92 Å². The second-order valence-electron chi connectivity index (χ2n) is 5.75. The average Bonchev–Trinajstić information content (AvgIpc) is 2.94. The van der Waals surface area contributed by atoms with Crippen LogP contribution in [0.5, 0.6) is 0 Å². The summed E-state index contributed by atoms with van der Waals surface area (Å²) in [5.74, 6) is 0.159. The predicted octanol–water partition coefficient (Wildman–Crippen LogP) is 1.54. The van der Waals surface area contributed by atoms with Crippen molar-refractivity contribution in [1.82, 2.24) is 19.5 Å². The lowest BCUT2D eigenvalue weighted by atomic mass is 10.2. The molecule has 0 spiro atoms. The average molecular weight is 323 g/mol. The van der Waals surface area contributed by atoms with E-state index in [-0.39, 0.29) is 18.1 Å². The molecule has 1 amide bonds. The fraction of sp³-hybridized carbons (Fsp3) is 0.643. The largest absolute Gasteiger partial charge is 0.372 e. The number of aryl methyl sites for hydroxylation is 1. The molecule has 3 rings (SSSR count). The summed E-state index contributed by atoms with van der Waals surface area (Å²) in [6, 6.07) is 0. The zero-order valence-corrected chi connectivity index (χ0v) is 13.9. The summed E-state index contributed by atoms with van der Waals surface area (Å²) in [5.41, 5.74) is 0.955. The molecule has 8 heteroatoms. The zero-order chi connectivity index (χ0) is 15.7. The Bertz CT molecular complexity index is 626. The van der Waals surface area contributed by atoms with Gasteiger partial charge in [-0.05, 0) is 20.8 Å². The third-order valence-electron chi connectivity index (χ3n) is 3.55. The lowest BCUT2D eigenvalue weighted by Crippen LogP contribution is -2.48. The van der Waals surface area contributed by atoms with Crippen LogP contribution in [0.2, 0.25) is 0 Å². The molecular formula is C14H21N5O2S. The number of amides is 1. The highest BCUT2D eigenvalue weighted by molar-refractivity contribution is 7.20. The van der Waals surface area contributed by atoms with Crippen molar-refractivity contribution in [3.05, 3.63) is 11.9 Å². The Balaban J connectivity index is 1.49. The van der Waals surface area contributed by atoms with Crippen LogP contribution in [0.3, 0.4) is 0 Å². The molecule has 120 valence electrons. The SMILES string of the molecule is Cc1cn2nc(NCCC(=O)N3C[C@@H](C)O[C@@H](C)C3)sc2n1. The summed E-state index contributed by atoms with van der Waals surface area (Å²) in [4.78, 5) is 19.3. The van der Waals surface area contributed by atoms with Gasteiger partial charge in [0.05, 0.1) is 24.1 Å². The number of anilines is 1. The number of imidazole rings is 1. The molecule has 3 heterocycles. The number of morpholine rings is 1. The van der Waals surface area contributed by atoms with E-state index >= 15 is 0 Å². The van der Waals surface area contributed by atoms with Gasteiger partial charge in [0, 0.05) is 26.1 Å². The molecule has 0 aromatic carbocycles. The Hall–Kier alpha value is -1.67. The van der Waals surface area contributed by atoms with E-state index in [0.29, 0.717) is 26.1 Å². The summed E-state index contributed by atoms with van der Waals surface area (Å²) in [7, 11) is 0. The molecule has 1 aliphatic heterocycles. The molecule has 2 aromatic heterocycles. The first kappa shape index (κ1) is 15.2. The standard InChI is InChI=1S/C14H21N5O2S/c1-9-6-19-14(16-9)22-13(17-19)15-5-4-12(20)18-7-10(2)21-11(3)8-18/h6,10-11H,4-5,7-8H2,1-3H3,(H,15,17)/t10-,11+. The topological polar surface area (TPSA) is 71.8 Å². The van der Waals surface area contributed by atoms with Crippen molar-refractivity contribution in [3.63, 3.8) is 0 Å². The van der Waals surface area contributed by atoms with Crippen LogP contribution in [-0.2, 0) is 9.53 Å². The van der Waals surface area contributed by atoms with Gasteiger partial charge >= 0.3 is 0 Å². The highest BCUT2D eigenvalue weighted by Crippen LogP contribution is 2.19. The monoisotopic (exact) mass is 323 g/mol. The molecule has 0 unspecified atom stereocenters. The Labute approximate surface area is 133 Å². The van der Waals surface area contributed by atoms with Crippen LogP contribution in [0.1, 0.15) is 26.0 Å². The molecule has 2 atom stereocenters. The van der Waals surface area contributed by atoms with Gasteiger partial charge in [0.2, 0.25) is 16.0 Å². The molecule has 22 heavy (non-hydrogen) atoms. The van der Waals surface area contributed by atoms with Gasteiger partial charge in [-0.3, -0.25) is 4.79 Å². The van der Waals surface area contributed by atoms with Crippen molar-refractivity contribution in [2.24, 2.45) is 0 Å². The number of fused-ring (bicyclic) bond motifs is 1. The molecular weight excluding hydrogens is 302 g/mol. The molecule has 0 bridgehead atoms. The number of nitrogens with one attached hydrogen (secondary N) is 1. The van der Waals surface area contributed by atoms with Gasteiger partial charge in [-0.1, -0.05) is 11.3 Å². The number of carbonyl (C=O) groups excluding carboxylic acids is 1. The molecule has 0 radical (unpaired) electrons. The third kappa shape index (κ3) is 3.38. The fourth-order valence-electron chi connectivity index (χ4n) is 2.70. The fourth-order valence-corrected chi connectivity index (χ4v) is 3.55. The van der Waals surface area contributed by atoms with Crippen molar-refractivity contribution >= 4 is 27.3 Å². The van der Waals surface area contributed by atoms with Gasteiger partial charge in [-0.25, -0.2) is 9.50 Å². The molecule has 1 saturated heterocycles. The molecule has 0 aliphatic carbocycles. The lowest BCUT2D eigenvalue weighted by Gasteiger charge is -2.35. The second kappa shape index (κ2) is 6.21. The number of rotatable bonds is 4. The van der Waals surface area contributed by atoms with Gasteiger partial charge in [-0.15, -0.1) is 5.10 Å². The Morgan fingerprint density at radius 1 is 1.45 bits per heavy atom. The lowest BCUT2D eigenvalue weighted by molar-refractivity contribution is -0.142. The van der Waals surface area contributed by atoms with Crippen LogP contribution in [-0.4, -0.2) is 57.2 Å². The second-order valence-corrected chi connectivity index (χ2v) is 6.71. The minimum absolute atomic E-state index is 0.107. The molecule has 1 N–H and O–H groups in total. The molecule has 0 saturated carbocycles. The number of carbonyl (C=O) groups is 1. The summed E-state index contributed by atoms with van der Waals surface area (Å²) < 4.78 is 7.41. The minimum Gasteiger partial charge on any atom is -0.372 e. The Morgan fingerprint density at radius 3 is 2.86 bits per heavy atom. The van der Waals surface area contributed by atoms with Gasteiger partial charge in [-0.2, -0.15) is 0 Å². The first-order chi connectivity index (χ1) is 10.5. The number of hydrogen-bond acceptors (Lipinski definition) is 6. The summed E-state index contributed by atoms with van der Waals surface area (Å²) in [6.45, 7) is 7.87. The summed E-state index contributed by atoms with van der Waals surface area (Å²) in [6.07, 6.45) is 2.56. The Kier molecular flexibility index (Phi) is 4.30. The molecule has 2 aromatic rings. The quantitative estimate of drug-likeness (QED) is 0.924. The molecule has 1 aliphatic rings. The van der Waals surface area contributed by atoms with Crippen LogP contribution in [0.4, 0.5) is 5.13 Å². The number of nitrogens with zero attached hydrogens (tertiary/aromatic N) is 4. The predicted molar refractivity (Wildman–Crippen MR) is 85.3 cm³/mol. The summed E-state index contributed by atoms with van der Waals surface area (Å²) >= 11 is 1.49. The number of ether oxygens (including phenoxy) is 1. The van der Waals surface area contributed by atoms with Gasteiger partial charge in [0.15, 0.2) is 0 Å². The van der Waals surface area contributed by atoms with Crippen LogP contribution >= 0.6 is 11.3 Å². The Morgan fingerprint density at radius 2 is 2.18 bits per heavy atom. The van der Waals surface area contributed by atoms with E-state index in [4.69, 9.17) is 4.74 Å².